The van der Waals surface area contributed by atoms with Crippen LogP contribution in [0.3, 0.4) is 0 Å². The van der Waals surface area contributed by atoms with E-state index in [-0.39, 0.29) is 6.61 Å². The Hall–Kier alpha value is -2.23. The van der Waals surface area contributed by atoms with Gasteiger partial charge in [0.25, 0.3) is 0 Å². The van der Waals surface area contributed by atoms with Gasteiger partial charge in [0.05, 0.1) is 12.2 Å². The Kier molecular flexibility index (Phi) is 4.15. The van der Waals surface area contributed by atoms with Crippen molar-refractivity contribution in [3.63, 3.8) is 0 Å². The summed E-state index contributed by atoms with van der Waals surface area (Å²) in [5.74, 6) is -1.82. The number of hydrogen-bond acceptors (Lipinski definition) is 4. The number of halogens is 3. The van der Waals surface area contributed by atoms with E-state index in [9.17, 15) is 18.0 Å². The van der Waals surface area contributed by atoms with Gasteiger partial charge in [-0.25, -0.2) is 4.79 Å². The smallest absolute Gasteiger partial charge is 0.462 e. The zero-order valence-corrected chi connectivity index (χ0v) is 9.25. The van der Waals surface area contributed by atoms with Crippen LogP contribution in [0.15, 0.2) is 18.2 Å². The standard InChI is InChI=1S/C11H8F3NO3/c1-2-17-10(16)8-5-3-4-7(6-15)9(8)18-11(12,13)14/h3-5H,2H2,1H3. The Labute approximate surface area is 101 Å². The molecule has 1 aromatic carbocycles. The van der Waals surface area contributed by atoms with Crippen molar-refractivity contribution in [1.82, 2.24) is 0 Å². The average molecular weight is 259 g/mol. The highest BCUT2D eigenvalue weighted by molar-refractivity contribution is 5.93. The first kappa shape index (κ1) is 13.8. The van der Waals surface area contributed by atoms with Crippen molar-refractivity contribution in [1.29, 1.82) is 5.26 Å². The maximum Gasteiger partial charge on any atom is 0.573 e. The van der Waals surface area contributed by atoms with Gasteiger partial charge in [-0.2, -0.15) is 5.26 Å². The lowest BCUT2D eigenvalue weighted by Crippen LogP contribution is -2.20. The number of alkyl halides is 3. The van der Waals surface area contributed by atoms with E-state index in [1.165, 1.54) is 19.1 Å². The first-order valence-corrected chi connectivity index (χ1v) is 4.85. The molecule has 0 N–H and O–H groups in total. The molecule has 4 nitrogen and oxygen atoms in total. The Morgan fingerprint density at radius 2 is 2.11 bits per heavy atom. The fourth-order valence-corrected chi connectivity index (χ4v) is 1.22. The summed E-state index contributed by atoms with van der Waals surface area (Å²) in [6.07, 6.45) is -4.99. The fraction of sp³-hybridized carbons (Fsp3) is 0.273. The van der Waals surface area contributed by atoms with Crippen LogP contribution in [0.5, 0.6) is 5.75 Å². The molecular formula is C11H8F3NO3. The SMILES string of the molecule is CCOC(=O)c1cccc(C#N)c1OC(F)(F)F. The third kappa shape index (κ3) is 3.38. The van der Waals surface area contributed by atoms with Gasteiger partial charge in [-0.15, -0.1) is 13.2 Å². The summed E-state index contributed by atoms with van der Waals surface area (Å²) in [5, 5.41) is 8.70. The Morgan fingerprint density at radius 1 is 1.44 bits per heavy atom. The predicted molar refractivity (Wildman–Crippen MR) is 53.8 cm³/mol. The number of benzene rings is 1. The highest BCUT2D eigenvalue weighted by Crippen LogP contribution is 2.30. The monoisotopic (exact) mass is 259 g/mol. The van der Waals surface area contributed by atoms with Crippen LogP contribution in [-0.4, -0.2) is 18.9 Å². The van der Waals surface area contributed by atoms with Gasteiger partial charge in [-0.1, -0.05) is 6.07 Å². The summed E-state index contributed by atoms with van der Waals surface area (Å²) in [5.41, 5.74) is -0.828. The number of ether oxygens (including phenoxy) is 2. The molecule has 0 aliphatic carbocycles. The highest BCUT2D eigenvalue weighted by Gasteiger charge is 2.34. The van der Waals surface area contributed by atoms with Gasteiger partial charge in [0.15, 0.2) is 5.75 Å². The summed E-state index contributed by atoms with van der Waals surface area (Å²) in [7, 11) is 0. The van der Waals surface area contributed by atoms with E-state index in [1.807, 2.05) is 0 Å². The molecule has 0 amide bonds. The second-order valence-electron chi connectivity index (χ2n) is 3.06. The van der Waals surface area contributed by atoms with Crippen molar-refractivity contribution >= 4 is 5.97 Å². The zero-order valence-electron chi connectivity index (χ0n) is 9.25. The second-order valence-corrected chi connectivity index (χ2v) is 3.06. The summed E-state index contributed by atoms with van der Waals surface area (Å²) in [6, 6.07) is 5.01. The second kappa shape index (κ2) is 5.40. The minimum Gasteiger partial charge on any atom is -0.462 e. The zero-order chi connectivity index (χ0) is 13.8. The summed E-state index contributed by atoms with van der Waals surface area (Å²) in [6.45, 7) is 1.51. The molecule has 0 aromatic heterocycles. The van der Waals surface area contributed by atoms with E-state index >= 15 is 0 Å². The number of carbonyl (C=O) groups excluding carboxylic acids is 1. The Bertz CT molecular complexity index is 491. The van der Waals surface area contributed by atoms with Crippen LogP contribution >= 0.6 is 0 Å². The molecule has 0 aliphatic rings. The van der Waals surface area contributed by atoms with Crippen molar-refractivity contribution in [3.05, 3.63) is 29.3 Å². The van der Waals surface area contributed by atoms with Gasteiger partial charge in [0.2, 0.25) is 0 Å². The molecule has 1 aromatic rings. The van der Waals surface area contributed by atoms with E-state index in [1.54, 1.807) is 0 Å². The molecule has 18 heavy (non-hydrogen) atoms. The van der Waals surface area contributed by atoms with Gasteiger partial charge in [0, 0.05) is 0 Å². The topological polar surface area (TPSA) is 59.3 Å². The molecule has 0 fully saturated rings. The van der Waals surface area contributed by atoms with Crippen molar-refractivity contribution in [2.24, 2.45) is 0 Å². The van der Waals surface area contributed by atoms with E-state index in [2.05, 4.69) is 9.47 Å². The summed E-state index contributed by atoms with van der Waals surface area (Å²) >= 11 is 0. The van der Waals surface area contributed by atoms with Crippen molar-refractivity contribution in [2.45, 2.75) is 13.3 Å². The minimum absolute atomic E-state index is 0.00106. The molecule has 0 spiro atoms. The third-order valence-corrected chi connectivity index (χ3v) is 1.85. The molecule has 96 valence electrons. The van der Waals surface area contributed by atoms with Gasteiger partial charge < -0.3 is 9.47 Å². The predicted octanol–water partition coefficient (Wildman–Crippen LogP) is 2.63. The minimum atomic E-state index is -4.99. The quantitative estimate of drug-likeness (QED) is 0.783. The van der Waals surface area contributed by atoms with Crippen molar-refractivity contribution < 1.29 is 27.4 Å². The lowest BCUT2D eigenvalue weighted by Gasteiger charge is -2.13. The normalized spacial score (nSPS) is 10.6. The number of hydrogen-bond donors (Lipinski definition) is 0. The molecular weight excluding hydrogens is 251 g/mol. The maximum absolute atomic E-state index is 12.2. The highest BCUT2D eigenvalue weighted by atomic mass is 19.4. The maximum atomic E-state index is 12.2. The number of nitriles is 1. The van der Waals surface area contributed by atoms with Crippen LogP contribution in [0.2, 0.25) is 0 Å². The number of nitrogens with zero attached hydrogens (tertiary/aromatic N) is 1. The van der Waals surface area contributed by atoms with Crippen LogP contribution < -0.4 is 4.74 Å². The molecule has 1 rings (SSSR count). The number of rotatable bonds is 3. The van der Waals surface area contributed by atoms with Crippen LogP contribution in [-0.2, 0) is 4.74 Å². The molecule has 0 saturated heterocycles. The lowest BCUT2D eigenvalue weighted by atomic mass is 10.1. The van der Waals surface area contributed by atoms with E-state index in [0.29, 0.717) is 0 Å². The van der Waals surface area contributed by atoms with Gasteiger partial charge in [-0.05, 0) is 19.1 Å². The number of esters is 1. The summed E-state index contributed by atoms with van der Waals surface area (Å²) in [4.78, 5) is 11.4. The van der Waals surface area contributed by atoms with Gasteiger partial charge >= 0.3 is 12.3 Å². The van der Waals surface area contributed by atoms with Crippen molar-refractivity contribution in [3.8, 4) is 11.8 Å². The van der Waals surface area contributed by atoms with Gasteiger partial charge in [0.1, 0.15) is 11.6 Å². The molecule has 0 unspecified atom stereocenters. The van der Waals surface area contributed by atoms with Crippen LogP contribution in [0.4, 0.5) is 13.2 Å². The van der Waals surface area contributed by atoms with Crippen molar-refractivity contribution in [2.75, 3.05) is 6.61 Å². The Morgan fingerprint density at radius 3 is 2.61 bits per heavy atom. The molecule has 0 bridgehead atoms. The molecule has 7 heteroatoms. The first-order valence-electron chi connectivity index (χ1n) is 4.85. The molecule has 0 aliphatic heterocycles. The molecule has 0 heterocycles. The van der Waals surface area contributed by atoms with Crippen LogP contribution in [0.25, 0.3) is 0 Å². The Balaban J connectivity index is 3.26. The number of para-hydroxylation sites is 1. The largest absolute Gasteiger partial charge is 0.573 e. The number of carbonyl (C=O) groups is 1. The van der Waals surface area contributed by atoms with E-state index < -0.39 is 29.2 Å². The third-order valence-electron chi connectivity index (χ3n) is 1.85. The lowest BCUT2D eigenvalue weighted by molar-refractivity contribution is -0.274. The van der Waals surface area contributed by atoms with Gasteiger partial charge in [-0.3, -0.25) is 0 Å². The molecule has 0 atom stereocenters. The average Bonchev–Trinajstić information content (AvgIpc) is 2.27. The molecule has 0 radical (unpaired) electrons. The fourth-order valence-electron chi connectivity index (χ4n) is 1.22. The summed E-state index contributed by atoms with van der Waals surface area (Å²) < 4.78 is 44.9. The van der Waals surface area contributed by atoms with Crippen LogP contribution in [0.1, 0.15) is 22.8 Å². The molecule has 0 saturated carbocycles. The first-order chi connectivity index (χ1) is 8.39. The van der Waals surface area contributed by atoms with E-state index in [4.69, 9.17) is 5.26 Å². The van der Waals surface area contributed by atoms with Crippen LogP contribution in [0, 0.1) is 11.3 Å². The van der Waals surface area contributed by atoms with E-state index in [0.717, 1.165) is 12.1 Å².